The highest BCUT2D eigenvalue weighted by atomic mass is 32.2. The Kier molecular flexibility index (Phi) is 9.44. The minimum Gasteiger partial charge on any atom is -0.196 e. The van der Waals surface area contributed by atoms with Crippen LogP contribution in [-0.4, -0.2) is 16.1 Å². The molecule has 0 aromatic heterocycles. The minimum absolute atomic E-state index is 0.0769. The number of thioether (sulfide) groups is 2. The van der Waals surface area contributed by atoms with Gasteiger partial charge in [0, 0.05) is 5.25 Å². The lowest BCUT2D eigenvalue weighted by Gasteiger charge is -2.13. The molecule has 80 valence electrons. The summed E-state index contributed by atoms with van der Waals surface area (Å²) in [5.41, 5.74) is 0. The van der Waals surface area contributed by atoms with Crippen molar-refractivity contribution in [2.24, 2.45) is 0 Å². The van der Waals surface area contributed by atoms with Crippen molar-refractivity contribution in [2.75, 3.05) is 6.26 Å². The van der Waals surface area contributed by atoms with E-state index in [2.05, 4.69) is 32.1 Å². The molecule has 14 heavy (non-hydrogen) atoms. The summed E-state index contributed by atoms with van der Waals surface area (Å²) in [4.78, 5) is 0. The molecule has 0 spiro atoms. The van der Waals surface area contributed by atoms with Gasteiger partial charge in [-0.15, -0.1) is 23.5 Å². The Morgan fingerprint density at radius 2 is 2.14 bits per heavy atom. The lowest BCUT2D eigenvalue weighted by Crippen LogP contribution is -2.04. The average Bonchev–Trinajstić information content (AvgIpc) is 2.22. The van der Waals surface area contributed by atoms with E-state index in [0.717, 1.165) is 6.42 Å². The molecule has 0 amide bonds. The SMILES string of the molecule is CCC=CC(CCC)SC(C#N)SC. The zero-order valence-electron chi connectivity index (χ0n) is 9.19. The quantitative estimate of drug-likeness (QED) is 0.486. The van der Waals surface area contributed by atoms with E-state index >= 15 is 0 Å². The van der Waals surface area contributed by atoms with Crippen molar-refractivity contribution in [1.29, 1.82) is 5.26 Å². The molecule has 0 heterocycles. The van der Waals surface area contributed by atoms with Crippen LogP contribution in [0.25, 0.3) is 0 Å². The van der Waals surface area contributed by atoms with Crippen molar-refractivity contribution in [3.05, 3.63) is 12.2 Å². The van der Waals surface area contributed by atoms with Crippen LogP contribution in [0.1, 0.15) is 33.1 Å². The molecule has 0 aromatic rings. The molecule has 0 N–H and O–H groups in total. The van der Waals surface area contributed by atoms with Crippen LogP contribution in [0.15, 0.2) is 12.2 Å². The van der Waals surface area contributed by atoms with E-state index in [1.165, 1.54) is 12.8 Å². The van der Waals surface area contributed by atoms with Crippen LogP contribution < -0.4 is 0 Å². The first kappa shape index (κ1) is 13.9. The molecule has 3 heteroatoms. The topological polar surface area (TPSA) is 23.8 Å². The molecule has 0 saturated carbocycles. The maximum Gasteiger partial charge on any atom is 0.137 e. The molecule has 1 nitrogen and oxygen atoms in total. The normalized spacial score (nSPS) is 15.3. The predicted molar refractivity (Wildman–Crippen MR) is 68.6 cm³/mol. The van der Waals surface area contributed by atoms with Gasteiger partial charge in [-0.25, -0.2) is 0 Å². The fourth-order valence-electron chi connectivity index (χ4n) is 1.08. The maximum absolute atomic E-state index is 8.85. The first-order chi connectivity index (χ1) is 6.78. The molecule has 0 aromatic carbocycles. The summed E-state index contributed by atoms with van der Waals surface area (Å²) < 4.78 is 0.0769. The van der Waals surface area contributed by atoms with Gasteiger partial charge in [-0.2, -0.15) is 5.26 Å². The summed E-state index contributed by atoms with van der Waals surface area (Å²) in [5.74, 6) is 0. The van der Waals surface area contributed by atoms with Gasteiger partial charge in [0.25, 0.3) is 0 Å². The lowest BCUT2D eigenvalue weighted by molar-refractivity contribution is 0.825. The fraction of sp³-hybridized carbons (Fsp3) is 0.727. The van der Waals surface area contributed by atoms with Gasteiger partial charge >= 0.3 is 0 Å². The molecular weight excluding hydrogens is 210 g/mol. The van der Waals surface area contributed by atoms with Crippen LogP contribution in [0.5, 0.6) is 0 Å². The summed E-state index contributed by atoms with van der Waals surface area (Å²) in [5, 5.41) is 9.36. The van der Waals surface area contributed by atoms with Gasteiger partial charge in [-0.05, 0) is 19.1 Å². The molecule has 0 aliphatic carbocycles. The molecule has 2 atom stereocenters. The van der Waals surface area contributed by atoms with E-state index < -0.39 is 0 Å². The van der Waals surface area contributed by atoms with Gasteiger partial charge in [0.1, 0.15) is 4.58 Å². The third-order valence-electron chi connectivity index (χ3n) is 1.78. The Morgan fingerprint density at radius 1 is 1.43 bits per heavy atom. The third kappa shape index (κ3) is 6.39. The lowest BCUT2D eigenvalue weighted by atomic mass is 10.2. The Labute approximate surface area is 96.3 Å². The van der Waals surface area contributed by atoms with Crippen LogP contribution in [0, 0.1) is 11.3 Å². The van der Waals surface area contributed by atoms with E-state index in [-0.39, 0.29) is 4.58 Å². The molecule has 2 unspecified atom stereocenters. The molecule has 0 aliphatic rings. The first-order valence-electron chi connectivity index (χ1n) is 5.03. The van der Waals surface area contributed by atoms with E-state index in [1.54, 1.807) is 23.5 Å². The van der Waals surface area contributed by atoms with Crippen LogP contribution in [-0.2, 0) is 0 Å². The van der Waals surface area contributed by atoms with E-state index in [1.807, 2.05) is 6.26 Å². The molecule has 0 aliphatic heterocycles. The maximum atomic E-state index is 8.85. The van der Waals surface area contributed by atoms with E-state index in [4.69, 9.17) is 5.26 Å². The highest BCUT2D eigenvalue weighted by Gasteiger charge is 2.12. The Balaban J connectivity index is 4.07. The van der Waals surface area contributed by atoms with Crippen LogP contribution in [0.3, 0.4) is 0 Å². The smallest absolute Gasteiger partial charge is 0.137 e. The van der Waals surface area contributed by atoms with E-state index in [0.29, 0.717) is 5.25 Å². The molecule has 0 saturated heterocycles. The van der Waals surface area contributed by atoms with Crippen molar-refractivity contribution >= 4 is 23.5 Å². The average molecular weight is 229 g/mol. The zero-order chi connectivity index (χ0) is 10.8. The van der Waals surface area contributed by atoms with Crippen LogP contribution in [0.2, 0.25) is 0 Å². The Morgan fingerprint density at radius 3 is 2.57 bits per heavy atom. The highest BCUT2D eigenvalue weighted by Crippen LogP contribution is 2.28. The summed E-state index contributed by atoms with van der Waals surface area (Å²) >= 11 is 3.39. The molecular formula is C11H19NS2. The molecule has 0 rings (SSSR count). The van der Waals surface area contributed by atoms with Gasteiger partial charge in [0.05, 0.1) is 6.07 Å². The number of hydrogen-bond acceptors (Lipinski definition) is 3. The van der Waals surface area contributed by atoms with Gasteiger partial charge in [0.2, 0.25) is 0 Å². The fourth-order valence-corrected chi connectivity index (χ4v) is 3.01. The van der Waals surface area contributed by atoms with E-state index in [9.17, 15) is 0 Å². The second-order valence-corrected chi connectivity index (χ2v) is 5.59. The monoisotopic (exact) mass is 229 g/mol. The predicted octanol–water partition coefficient (Wildman–Crippen LogP) is 4.07. The van der Waals surface area contributed by atoms with Crippen molar-refractivity contribution in [3.8, 4) is 6.07 Å². The standard InChI is InChI=1S/C11H19NS2/c1-4-6-8-10(7-5-2)14-11(9-12)13-3/h6,8,10-11H,4-5,7H2,1-3H3. The van der Waals surface area contributed by atoms with Crippen molar-refractivity contribution in [2.45, 2.75) is 42.9 Å². The van der Waals surface area contributed by atoms with Crippen molar-refractivity contribution in [3.63, 3.8) is 0 Å². The second kappa shape index (κ2) is 9.48. The largest absolute Gasteiger partial charge is 0.196 e. The summed E-state index contributed by atoms with van der Waals surface area (Å²) in [6.07, 6.45) is 9.86. The zero-order valence-corrected chi connectivity index (χ0v) is 10.8. The number of hydrogen-bond donors (Lipinski definition) is 0. The Hall–Kier alpha value is -0.0700. The summed E-state index contributed by atoms with van der Waals surface area (Å²) in [6, 6.07) is 2.31. The van der Waals surface area contributed by atoms with Crippen LogP contribution >= 0.6 is 23.5 Å². The number of nitriles is 1. The molecule has 0 bridgehead atoms. The minimum atomic E-state index is 0.0769. The van der Waals surface area contributed by atoms with Gasteiger partial charge in [-0.3, -0.25) is 0 Å². The highest BCUT2D eigenvalue weighted by molar-refractivity contribution is 8.17. The van der Waals surface area contributed by atoms with Crippen LogP contribution in [0.4, 0.5) is 0 Å². The molecule has 0 radical (unpaired) electrons. The number of nitrogens with zero attached hydrogens (tertiary/aromatic N) is 1. The van der Waals surface area contributed by atoms with Gasteiger partial charge in [-0.1, -0.05) is 32.4 Å². The van der Waals surface area contributed by atoms with Crippen molar-refractivity contribution < 1.29 is 0 Å². The number of rotatable bonds is 7. The molecule has 0 fully saturated rings. The second-order valence-electron chi connectivity index (χ2n) is 3.00. The third-order valence-corrected chi connectivity index (χ3v) is 4.32. The number of allylic oxidation sites excluding steroid dienone is 1. The summed E-state index contributed by atoms with van der Waals surface area (Å²) in [6.45, 7) is 4.33. The Bertz CT molecular complexity index is 196. The van der Waals surface area contributed by atoms with Gasteiger partial charge in [0.15, 0.2) is 0 Å². The summed E-state index contributed by atoms with van der Waals surface area (Å²) in [7, 11) is 0. The van der Waals surface area contributed by atoms with Gasteiger partial charge < -0.3 is 0 Å². The van der Waals surface area contributed by atoms with Crippen molar-refractivity contribution in [1.82, 2.24) is 0 Å². The first-order valence-corrected chi connectivity index (χ1v) is 7.26.